The summed E-state index contributed by atoms with van der Waals surface area (Å²) in [5.41, 5.74) is 1.18. The van der Waals surface area contributed by atoms with E-state index in [2.05, 4.69) is 20.7 Å². The minimum atomic E-state index is 0.268. The summed E-state index contributed by atoms with van der Waals surface area (Å²) < 4.78 is 11.1. The van der Waals surface area contributed by atoms with Gasteiger partial charge in [-0.05, 0) is 35.8 Å². The van der Waals surface area contributed by atoms with Gasteiger partial charge in [0.1, 0.15) is 0 Å². The van der Waals surface area contributed by atoms with Crippen molar-refractivity contribution in [1.29, 1.82) is 0 Å². The van der Waals surface area contributed by atoms with Crippen LogP contribution in [0.3, 0.4) is 0 Å². The van der Waals surface area contributed by atoms with Crippen molar-refractivity contribution in [3.8, 4) is 11.5 Å². The number of nitrogens with one attached hydrogen (secondary N) is 1. The molecular weight excluding hydrogens is 270 g/mol. The second-order valence-electron chi connectivity index (χ2n) is 5.12. The predicted molar refractivity (Wildman–Crippen MR) is 76.0 cm³/mol. The highest BCUT2D eigenvalue weighted by molar-refractivity contribution is 5.43. The van der Waals surface area contributed by atoms with Gasteiger partial charge in [0.25, 0.3) is 0 Å². The van der Waals surface area contributed by atoms with E-state index in [4.69, 9.17) is 9.47 Å². The van der Waals surface area contributed by atoms with E-state index in [1.165, 1.54) is 23.2 Å². The molecule has 1 saturated carbocycles. The zero-order valence-corrected chi connectivity index (χ0v) is 12.2. The Labute approximate surface area is 123 Å². The molecule has 0 amide bonds. The van der Waals surface area contributed by atoms with E-state index in [1.54, 1.807) is 14.2 Å². The Morgan fingerprint density at radius 1 is 1.33 bits per heavy atom. The van der Waals surface area contributed by atoms with Crippen molar-refractivity contribution in [3.63, 3.8) is 0 Å². The van der Waals surface area contributed by atoms with E-state index in [0.29, 0.717) is 23.4 Å². The maximum atomic E-state index is 5.70. The van der Waals surface area contributed by atoms with Crippen LogP contribution in [0.5, 0.6) is 11.5 Å². The van der Waals surface area contributed by atoms with Gasteiger partial charge in [0.2, 0.25) is 5.82 Å². The SMILES string of the molecule is COc1cc(CNC2CC2)ccc1OCc1nnn(C)n1. The number of rotatable bonds is 7. The molecule has 0 aliphatic heterocycles. The number of aromatic nitrogens is 4. The Morgan fingerprint density at radius 3 is 2.86 bits per heavy atom. The molecule has 1 fully saturated rings. The van der Waals surface area contributed by atoms with E-state index in [-0.39, 0.29) is 6.61 Å². The van der Waals surface area contributed by atoms with Crippen molar-refractivity contribution < 1.29 is 9.47 Å². The van der Waals surface area contributed by atoms with Gasteiger partial charge in [0.05, 0.1) is 14.2 Å². The zero-order valence-electron chi connectivity index (χ0n) is 12.2. The van der Waals surface area contributed by atoms with Crippen LogP contribution in [0.15, 0.2) is 18.2 Å². The normalized spacial score (nSPS) is 14.2. The number of hydrogen-bond donors (Lipinski definition) is 1. The number of ether oxygens (including phenoxy) is 2. The van der Waals surface area contributed by atoms with E-state index in [1.807, 2.05) is 18.2 Å². The molecule has 112 valence electrons. The second kappa shape index (κ2) is 6.09. The maximum Gasteiger partial charge on any atom is 0.212 e. The van der Waals surface area contributed by atoms with Crippen LogP contribution in [-0.4, -0.2) is 33.4 Å². The third kappa shape index (κ3) is 3.69. The molecule has 1 aliphatic carbocycles. The third-order valence-corrected chi connectivity index (χ3v) is 3.31. The highest BCUT2D eigenvalue weighted by Gasteiger charge is 2.20. The van der Waals surface area contributed by atoms with Crippen molar-refractivity contribution in [2.45, 2.75) is 32.0 Å². The molecule has 1 aromatic carbocycles. The zero-order chi connectivity index (χ0) is 14.7. The van der Waals surface area contributed by atoms with Crippen molar-refractivity contribution in [2.75, 3.05) is 7.11 Å². The maximum absolute atomic E-state index is 5.70. The fourth-order valence-electron chi connectivity index (χ4n) is 2.01. The second-order valence-corrected chi connectivity index (χ2v) is 5.12. The Bertz CT molecular complexity index is 609. The van der Waals surface area contributed by atoms with Gasteiger partial charge in [-0.15, -0.1) is 10.2 Å². The molecule has 7 nitrogen and oxygen atoms in total. The number of nitrogens with zero attached hydrogens (tertiary/aromatic N) is 4. The molecule has 0 saturated heterocycles. The molecule has 1 N–H and O–H groups in total. The number of hydrogen-bond acceptors (Lipinski definition) is 6. The standard InChI is InChI=1S/C14H19N5O2/c1-19-17-14(16-18-19)9-21-12-6-3-10(7-13(12)20-2)8-15-11-4-5-11/h3,6-7,11,15H,4-5,8-9H2,1-2H3. The van der Waals surface area contributed by atoms with Gasteiger partial charge in [0, 0.05) is 12.6 Å². The summed E-state index contributed by atoms with van der Waals surface area (Å²) >= 11 is 0. The highest BCUT2D eigenvalue weighted by Crippen LogP contribution is 2.29. The van der Waals surface area contributed by atoms with Crippen molar-refractivity contribution in [1.82, 2.24) is 25.5 Å². The fraction of sp³-hybridized carbons (Fsp3) is 0.500. The van der Waals surface area contributed by atoms with E-state index in [0.717, 1.165) is 6.54 Å². The molecule has 0 radical (unpaired) electrons. The lowest BCUT2D eigenvalue weighted by molar-refractivity contribution is 0.275. The van der Waals surface area contributed by atoms with Crippen molar-refractivity contribution in [2.24, 2.45) is 7.05 Å². The summed E-state index contributed by atoms with van der Waals surface area (Å²) in [4.78, 5) is 1.41. The lowest BCUT2D eigenvalue weighted by atomic mass is 10.2. The first-order chi connectivity index (χ1) is 10.2. The van der Waals surface area contributed by atoms with Crippen LogP contribution in [0.25, 0.3) is 0 Å². The van der Waals surface area contributed by atoms with Crippen molar-refractivity contribution >= 4 is 0 Å². The minimum absolute atomic E-state index is 0.268. The van der Waals surface area contributed by atoms with Gasteiger partial charge in [-0.1, -0.05) is 6.07 Å². The van der Waals surface area contributed by atoms with Crippen LogP contribution in [0.2, 0.25) is 0 Å². The number of tetrazole rings is 1. The Morgan fingerprint density at radius 2 is 2.19 bits per heavy atom. The van der Waals surface area contributed by atoms with Crippen LogP contribution in [0, 0.1) is 0 Å². The van der Waals surface area contributed by atoms with Gasteiger partial charge >= 0.3 is 0 Å². The molecule has 0 bridgehead atoms. The molecule has 0 unspecified atom stereocenters. The Hall–Kier alpha value is -2.15. The van der Waals surface area contributed by atoms with Crippen LogP contribution in [-0.2, 0) is 20.2 Å². The molecule has 1 aromatic heterocycles. The van der Waals surface area contributed by atoms with Crippen LogP contribution in [0.1, 0.15) is 24.2 Å². The van der Waals surface area contributed by atoms with Crippen molar-refractivity contribution in [3.05, 3.63) is 29.6 Å². The van der Waals surface area contributed by atoms with E-state index in [9.17, 15) is 0 Å². The average Bonchev–Trinajstić information content (AvgIpc) is 3.24. The first-order valence-corrected chi connectivity index (χ1v) is 7.00. The van der Waals surface area contributed by atoms with Gasteiger partial charge in [-0.25, -0.2) is 0 Å². The summed E-state index contributed by atoms with van der Waals surface area (Å²) in [7, 11) is 3.36. The molecule has 2 aromatic rings. The minimum Gasteiger partial charge on any atom is -0.493 e. The summed E-state index contributed by atoms with van der Waals surface area (Å²) in [6.45, 7) is 1.12. The topological polar surface area (TPSA) is 74.1 Å². The summed E-state index contributed by atoms with van der Waals surface area (Å²) in [5, 5.41) is 15.2. The van der Waals surface area contributed by atoms with E-state index >= 15 is 0 Å². The summed E-state index contributed by atoms with van der Waals surface area (Å²) in [5.74, 6) is 1.94. The van der Waals surface area contributed by atoms with Gasteiger partial charge in [-0.3, -0.25) is 0 Å². The van der Waals surface area contributed by atoms with Gasteiger partial charge in [0.15, 0.2) is 18.1 Å². The largest absolute Gasteiger partial charge is 0.493 e. The average molecular weight is 289 g/mol. The molecular formula is C14H19N5O2. The molecule has 0 spiro atoms. The van der Waals surface area contributed by atoms with Crippen LogP contribution >= 0.6 is 0 Å². The molecule has 3 rings (SSSR count). The first kappa shape index (κ1) is 13.8. The number of methoxy groups -OCH3 is 1. The molecule has 1 aliphatic rings. The molecule has 0 atom stereocenters. The summed E-state index contributed by atoms with van der Waals surface area (Å²) in [6, 6.07) is 6.64. The fourth-order valence-corrected chi connectivity index (χ4v) is 2.01. The van der Waals surface area contributed by atoms with Gasteiger partial charge < -0.3 is 14.8 Å². The van der Waals surface area contributed by atoms with Crippen LogP contribution < -0.4 is 14.8 Å². The van der Waals surface area contributed by atoms with Crippen LogP contribution in [0.4, 0.5) is 0 Å². The van der Waals surface area contributed by atoms with E-state index < -0.39 is 0 Å². The first-order valence-electron chi connectivity index (χ1n) is 7.00. The monoisotopic (exact) mass is 289 g/mol. The summed E-state index contributed by atoms with van der Waals surface area (Å²) in [6.07, 6.45) is 2.56. The van der Waals surface area contributed by atoms with Gasteiger partial charge in [-0.2, -0.15) is 4.80 Å². The predicted octanol–water partition coefficient (Wildman–Crippen LogP) is 1.05. The smallest absolute Gasteiger partial charge is 0.212 e. The number of aryl methyl sites for hydroxylation is 1. The molecule has 7 heteroatoms. The highest BCUT2D eigenvalue weighted by atomic mass is 16.5. The number of benzene rings is 1. The molecule has 1 heterocycles. The lowest BCUT2D eigenvalue weighted by Gasteiger charge is -2.11. The lowest BCUT2D eigenvalue weighted by Crippen LogP contribution is -2.15. The quantitative estimate of drug-likeness (QED) is 0.821. The third-order valence-electron chi connectivity index (χ3n) is 3.31. The Balaban J connectivity index is 1.63. The molecule has 21 heavy (non-hydrogen) atoms. The Kier molecular flexibility index (Phi) is 4.01.